The second-order valence-corrected chi connectivity index (χ2v) is 8.03. The van der Waals surface area contributed by atoms with Gasteiger partial charge in [0.25, 0.3) is 10.0 Å². The molecule has 21 heavy (non-hydrogen) atoms. The summed E-state index contributed by atoms with van der Waals surface area (Å²) in [6, 6.07) is 6.61. The smallest absolute Gasteiger partial charge is 0.263 e. The molecule has 0 saturated heterocycles. The standard InChI is InChI=1S/C13H9Br2ClFNO2S/c1-7-4-10(15)13(6-9(7)14)21(19,20)18-12-3-2-8(17)5-11(12)16/h2-6,18H,1H3. The van der Waals surface area contributed by atoms with Crippen molar-refractivity contribution >= 4 is 59.2 Å². The predicted molar refractivity (Wildman–Crippen MR) is 88.8 cm³/mol. The number of nitrogens with one attached hydrogen (secondary N) is 1. The van der Waals surface area contributed by atoms with Crippen molar-refractivity contribution in [2.75, 3.05) is 4.72 Å². The molecule has 112 valence electrons. The van der Waals surface area contributed by atoms with Gasteiger partial charge in [-0.15, -0.1) is 0 Å². The van der Waals surface area contributed by atoms with Gasteiger partial charge in [-0.1, -0.05) is 27.5 Å². The molecule has 0 aliphatic rings. The van der Waals surface area contributed by atoms with Crippen LogP contribution in [-0.2, 0) is 10.0 Å². The van der Waals surface area contributed by atoms with Gasteiger partial charge in [0.2, 0.25) is 0 Å². The molecule has 0 amide bonds. The first-order valence-corrected chi connectivity index (χ1v) is 9.09. The van der Waals surface area contributed by atoms with Crippen molar-refractivity contribution < 1.29 is 12.8 Å². The summed E-state index contributed by atoms with van der Waals surface area (Å²) < 4.78 is 41.2. The fraction of sp³-hybridized carbons (Fsp3) is 0.0769. The summed E-state index contributed by atoms with van der Waals surface area (Å²) in [5.41, 5.74) is 1.00. The fourth-order valence-corrected chi connectivity index (χ4v) is 4.63. The van der Waals surface area contributed by atoms with Crippen LogP contribution < -0.4 is 4.72 Å². The maximum absolute atomic E-state index is 13.0. The van der Waals surface area contributed by atoms with Gasteiger partial charge in [0, 0.05) is 8.95 Å². The summed E-state index contributed by atoms with van der Waals surface area (Å²) in [5.74, 6) is -0.540. The van der Waals surface area contributed by atoms with Gasteiger partial charge < -0.3 is 0 Å². The number of benzene rings is 2. The van der Waals surface area contributed by atoms with Crippen molar-refractivity contribution in [1.82, 2.24) is 0 Å². The van der Waals surface area contributed by atoms with Gasteiger partial charge in [-0.25, -0.2) is 12.8 Å². The maximum Gasteiger partial charge on any atom is 0.263 e. The second kappa shape index (κ2) is 6.24. The molecule has 0 unspecified atom stereocenters. The molecule has 3 nitrogen and oxygen atoms in total. The van der Waals surface area contributed by atoms with Crippen molar-refractivity contribution in [3.63, 3.8) is 0 Å². The minimum atomic E-state index is -3.85. The Labute approximate surface area is 143 Å². The quantitative estimate of drug-likeness (QED) is 0.696. The van der Waals surface area contributed by atoms with Crippen LogP contribution in [0, 0.1) is 12.7 Å². The lowest BCUT2D eigenvalue weighted by Crippen LogP contribution is -2.14. The van der Waals surface area contributed by atoms with Gasteiger partial charge >= 0.3 is 0 Å². The zero-order chi connectivity index (χ0) is 15.8. The predicted octanol–water partition coefficient (Wildman–Crippen LogP) is 5.11. The van der Waals surface area contributed by atoms with E-state index in [1.54, 1.807) is 6.07 Å². The highest BCUT2D eigenvalue weighted by molar-refractivity contribution is 9.11. The molecule has 2 rings (SSSR count). The van der Waals surface area contributed by atoms with Crippen LogP contribution in [0.5, 0.6) is 0 Å². The highest BCUT2D eigenvalue weighted by Gasteiger charge is 2.20. The van der Waals surface area contributed by atoms with Crippen molar-refractivity contribution in [3.8, 4) is 0 Å². The molecule has 2 aromatic rings. The number of anilines is 1. The van der Waals surface area contributed by atoms with E-state index in [4.69, 9.17) is 11.6 Å². The molecule has 0 aromatic heterocycles. The van der Waals surface area contributed by atoms with E-state index in [9.17, 15) is 12.8 Å². The minimum absolute atomic E-state index is 0.0131. The highest BCUT2D eigenvalue weighted by atomic mass is 79.9. The summed E-state index contributed by atoms with van der Waals surface area (Å²) >= 11 is 12.4. The van der Waals surface area contributed by atoms with Crippen LogP contribution in [-0.4, -0.2) is 8.42 Å². The molecular weight excluding hydrogens is 448 g/mol. The molecule has 0 atom stereocenters. The summed E-state index contributed by atoms with van der Waals surface area (Å²) in [4.78, 5) is 0.0559. The van der Waals surface area contributed by atoms with Gasteiger partial charge in [0.15, 0.2) is 0 Å². The van der Waals surface area contributed by atoms with E-state index in [1.807, 2.05) is 6.92 Å². The van der Waals surface area contributed by atoms with E-state index in [2.05, 4.69) is 36.6 Å². The number of aryl methyl sites for hydroxylation is 1. The Morgan fingerprint density at radius 3 is 2.43 bits per heavy atom. The zero-order valence-corrected chi connectivity index (χ0v) is 15.4. The molecule has 0 aliphatic carbocycles. The van der Waals surface area contributed by atoms with Gasteiger partial charge in [0.1, 0.15) is 10.7 Å². The first-order chi connectivity index (χ1) is 9.70. The summed E-state index contributed by atoms with van der Waals surface area (Å²) in [6.45, 7) is 1.84. The van der Waals surface area contributed by atoms with E-state index >= 15 is 0 Å². The topological polar surface area (TPSA) is 46.2 Å². The molecule has 8 heteroatoms. The number of halogens is 4. The molecule has 0 aliphatic heterocycles. The van der Waals surface area contributed by atoms with E-state index in [0.717, 1.165) is 17.7 Å². The van der Waals surface area contributed by atoms with Gasteiger partial charge in [-0.05, 0) is 58.7 Å². The summed E-state index contributed by atoms with van der Waals surface area (Å²) in [5, 5.41) is -0.0131. The minimum Gasteiger partial charge on any atom is -0.278 e. The van der Waals surface area contributed by atoms with Crippen molar-refractivity contribution in [2.24, 2.45) is 0 Å². The molecule has 2 aromatic carbocycles. The number of rotatable bonds is 3. The number of hydrogen-bond acceptors (Lipinski definition) is 2. The Morgan fingerprint density at radius 1 is 1.14 bits per heavy atom. The van der Waals surface area contributed by atoms with Gasteiger partial charge in [-0.2, -0.15) is 0 Å². The van der Waals surface area contributed by atoms with E-state index in [0.29, 0.717) is 8.95 Å². The lowest BCUT2D eigenvalue weighted by Gasteiger charge is -2.12. The van der Waals surface area contributed by atoms with E-state index in [1.165, 1.54) is 12.1 Å². The van der Waals surface area contributed by atoms with Crippen LogP contribution in [0.4, 0.5) is 10.1 Å². The van der Waals surface area contributed by atoms with Crippen LogP contribution >= 0.6 is 43.5 Å². The third-order valence-corrected chi connectivity index (χ3v) is 6.17. The number of sulfonamides is 1. The monoisotopic (exact) mass is 455 g/mol. The first-order valence-electron chi connectivity index (χ1n) is 5.64. The van der Waals surface area contributed by atoms with E-state index in [-0.39, 0.29) is 15.6 Å². The lowest BCUT2D eigenvalue weighted by atomic mass is 10.2. The Bertz CT molecular complexity index is 812. The largest absolute Gasteiger partial charge is 0.278 e. The summed E-state index contributed by atoms with van der Waals surface area (Å²) in [6.07, 6.45) is 0. The Hall–Kier alpha value is -0.630. The van der Waals surface area contributed by atoms with Crippen LogP contribution in [0.15, 0.2) is 44.2 Å². The molecule has 0 saturated carbocycles. The Balaban J connectivity index is 2.46. The van der Waals surface area contributed by atoms with Gasteiger partial charge in [-0.3, -0.25) is 4.72 Å². The van der Waals surface area contributed by atoms with Crippen LogP contribution in [0.2, 0.25) is 5.02 Å². The SMILES string of the molecule is Cc1cc(Br)c(S(=O)(=O)Nc2ccc(F)cc2Cl)cc1Br. The molecular formula is C13H9Br2ClFNO2S. The molecule has 1 N–H and O–H groups in total. The Kier molecular flexibility index (Phi) is 4.97. The molecule has 0 fully saturated rings. The highest BCUT2D eigenvalue weighted by Crippen LogP contribution is 2.31. The maximum atomic E-state index is 13.0. The third-order valence-electron chi connectivity index (χ3n) is 2.68. The molecule has 0 heterocycles. The van der Waals surface area contributed by atoms with Crippen LogP contribution in [0.25, 0.3) is 0 Å². The fourth-order valence-electron chi connectivity index (χ4n) is 1.61. The normalized spacial score (nSPS) is 11.5. The van der Waals surface area contributed by atoms with E-state index < -0.39 is 15.8 Å². The van der Waals surface area contributed by atoms with Crippen LogP contribution in [0.3, 0.4) is 0 Å². The lowest BCUT2D eigenvalue weighted by molar-refractivity contribution is 0.600. The average molecular weight is 458 g/mol. The first kappa shape index (κ1) is 16.7. The average Bonchev–Trinajstić information content (AvgIpc) is 2.37. The van der Waals surface area contributed by atoms with Crippen molar-refractivity contribution in [3.05, 3.63) is 55.7 Å². The van der Waals surface area contributed by atoms with Crippen molar-refractivity contribution in [1.29, 1.82) is 0 Å². The van der Waals surface area contributed by atoms with Crippen LogP contribution in [0.1, 0.15) is 5.56 Å². The zero-order valence-electron chi connectivity index (χ0n) is 10.6. The number of hydrogen-bond donors (Lipinski definition) is 1. The van der Waals surface area contributed by atoms with Gasteiger partial charge in [0.05, 0.1) is 10.7 Å². The second-order valence-electron chi connectivity index (χ2n) is 4.26. The molecule has 0 spiro atoms. The Morgan fingerprint density at radius 2 is 1.81 bits per heavy atom. The van der Waals surface area contributed by atoms with Crippen molar-refractivity contribution in [2.45, 2.75) is 11.8 Å². The molecule has 0 radical (unpaired) electrons. The summed E-state index contributed by atoms with van der Waals surface area (Å²) in [7, 11) is -3.85. The third kappa shape index (κ3) is 3.77. The molecule has 0 bridgehead atoms.